The summed E-state index contributed by atoms with van der Waals surface area (Å²) in [6.45, 7) is 3.00. The van der Waals surface area contributed by atoms with E-state index in [1.54, 1.807) is 23.1 Å². The molecule has 1 fully saturated rings. The standard InChI is InChI=1S/C23H23N5O2/c1-16-17(12-24)9-10-25-22(16)30-19-6-5-11-28(15-19)23(29)21-8-4-3-7-20(21)18-13-26-27(2)14-18/h3-4,7-10,13-14,19H,5-6,11,15H2,1-2H3/t19-/m1/s1. The predicted molar refractivity (Wildman–Crippen MR) is 112 cm³/mol. The summed E-state index contributed by atoms with van der Waals surface area (Å²) in [7, 11) is 1.86. The number of benzene rings is 1. The van der Waals surface area contributed by atoms with Crippen molar-refractivity contribution >= 4 is 5.91 Å². The number of hydrogen-bond donors (Lipinski definition) is 0. The molecule has 1 aromatic carbocycles. The number of carbonyl (C=O) groups excluding carboxylic acids is 1. The summed E-state index contributed by atoms with van der Waals surface area (Å²) in [6, 6.07) is 11.4. The third kappa shape index (κ3) is 3.90. The van der Waals surface area contributed by atoms with E-state index in [0.29, 0.717) is 30.1 Å². The van der Waals surface area contributed by atoms with Crippen LogP contribution in [0.4, 0.5) is 0 Å². The van der Waals surface area contributed by atoms with Crippen molar-refractivity contribution in [2.75, 3.05) is 13.1 Å². The summed E-state index contributed by atoms with van der Waals surface area (Å²) in [5, 5.41) is 13.4. The van der Waals surface area contributed by atoms with Crippen molar-refractivity contribution in [2.45, 2.75) is 25.9 Å². The molecule has 0 saturated carbocycles. The number of hydrogen-bond acceptors (Lipinski definition) is 5. The number of pyridine rings is 1. The fourth-order valence-electron chi connectivity index (χ4n) is 3.79. The maximum absolute atomic E-state index is 13.4. The highest BCUT2D eigenvalue weighted by molar-refractivity contribution is 6.00. The van der Waals surface area contributed by atoms with Gasteiger partial charge in [0.15, 0.2) is 0 Å². The SMILES string of the molecule is Cc1c(C#N)ccnc1O[C@@H]1CCCN(C(=O)c2ccccc2-c2cnn(C)c2)C1. The zero-order chi connectivity index (χ0) is 21.1. The highest BCUT2D eigenvalue weighted by atomic mass is 16.5. The van der Waals surface area contributed by atoms with Crippen LogP contribution >= 0.6 is 0 Å². The van der Waals surface area contributed by atoms with Gasteiger partial charge in [-0.2, -0.15) is 10.4 Å². The molecule has 1 atom stereocenters. The normalized spacial score (nSPS) is 16.2. The lowest BCUT2D eigenvalue weighted by molar-refractivity contribution is 0.0527. The van der Waals surface area contributed by atoms with Crippen molar-refractivity contribution in [3.05, 3.63) is 65.6 Å². The fourth-order valence-corrected chi connectivity index (χ4v) is 3.79. The van der Waals surface area contributed by atoms with Crippen molar-refractivity contribution in [2.24, 2.45) is 7.05 Å². The molecule has 3 aromatic rings. The lowest BCUT2D eigenvalue weighted by Crippen LogP contribution is -2.44. The van der Waals surface area contributed by atoms with E-state index in [0.717, 1.165) is 29.5 Å². The maximum atomic E-state index is 13.4. The number of nitrogens with zero attached hydrogens (tertiary/aromatic N) is 5. The van der Waals surface area contributed by atoms with Crippen LogP contribution in [0.25, 0.3) is 11.1 Å². The van der Waals surface area contributed by atoms with Crippen LogP contribution in [0.2, 0.25) is 0 Å². The van der Waals surface area contributed by atoms with Crippen LogP contribution in [0, 0.1) is 18.3 Å². The second-order valence-electron chi connectivity index (χ2n) is 7.48. The van der Waals surface area contributed by atoms with E-state index in [4.69, 9.17) is 4.74 Å². The lowest BCUT2D eigenvalue weighted by atomic mass is 10.00. The van der Waals surface area contributed by atoms with Crippen molar-refractivity contribution in [1.29, 1.82) is 5.26 Å². The molecule has 0 aliphatic carbocycles. The summed E-state index contributed by atoms with van der Waals surface area (Å²) >= 11 is 0. The quantitative estimate of drug-likeness (QED) is 0.669. The topological polar surface area (TPSA) is 84.0 Å². The number of piperidine rings is 1. The Bertz CT molecular complexity index is 1110. The van der Waals surface area contributed by atoms with Gasteiger partial charge in [-0.05, 0) is 37.5 Å². The minimum absolute atomic E-state index is 0.0155. The Morgan fingerprint density at radius 3 is 2.90 bits per heavy atom. The van der Waals surface area contributed by atoms with Gasteiger partial charge in [-0.15, -0.1) is 0 Å². The largest absolute Gasteiger partial charge is 0.472 e. The third-order valence-corrected chi connectivity index (χ3v) is 5.40. The van der Waals surface area contributed by atoms with Crippen LogP contribution in [-0.2, 0) is 7.05 Å². The zero-order valence-corrected chi connectivity index (χ0v) is 17.1. The minimum atomic E-state index is -0.159. The first-order valence-electron chi connectivity index (χ1n) is 9.96. The number of aromatic nitrogens is 3. The Balaban J connectivity index is 1.53. The second-order valence-corrected chi connectivity index (χ2v) is 7.48. The van der Waals surface area contributed by atoms with Gasteiger partial charge < -0.3 is 9.64 Å². The Labute approximate surface area is 175 Å². The van der Waals surface area contributed by atoms with E-state index in [-0.39, 0.29) is 12.0 Å². The number of rotatable bonds is 4. The van der Waals surface area contributed by atoms with E-state index in [9.17, 15) is 10.1 Å². The molecule has 30 heavy (non-hydrogen) atoms. The summed E-state index contributed by atoms with van der Waals surface area (Å²) < 4.78 is 7.82. The van der Waals surface area contributed by atoms with Crippen molar-refractivity contribution < 1.29 is 9.53 Å². The minimum Gasteiger partial charge on any atom is -0.472 e. The van der Waals surface area contributed by atoms with Crippen LogP contribution in [-0.4, -0.2) is 44.8 Å². The van der Waals surface area contributed by atoms with Gasteiger partial charge in [-0.1, -0.05) is 18.2 Å². The fraction of sp³-hybridized carbons (Fsp3) is 0.304. The van der Waals surface area contributed by atoms with Gasteiger partial charge in [-0.3, -0.25) is 9.48 Å². The van der Waals surface area contributed by atoms with Gasteiger partial charge in [0.25, 0.3) is 5.91 Å². The number of ether oxygens (including phenoxy) is 1. The molecule has 7 nitrogen and oxygen atoms in total. The molecule has 0 spiro atoms. The van der Waals surface area contributed by atoms with Gasteiger partial charge in [0, 0.05) is 42.7 Å². The summed E-state index contributed by atoms with van der Waals surface area (Å²) in [5.74, 6) is 0.447. The first-order chi connectivity index (χ1) is 14.6. The number of likely N-dealkylation sites (tertiary alicyclic amines) is 1. The molecule has 0 unspecified atom stereocenters. The maximum Gasteiger partial charge on any atom is 0.254 e. The van der Waals surface area contributed by atoms with Crippen LogP contribution in [0.3, 0.4) is 0 Å². The van der Waals surface area contributed by atoms with Crippen LogP contribution in [0.5, 0.6) is 5.88 Å². The van der Waals surface area contributed by atoms with Gasteiger partial charge >= 0.3 is 0 Å². The van der Waals surface area contributed by atoms with Crippen molar-refractivity contribution in [3.8, 4) is 23.1 Å². The van der Waals surface area contributed by atoms with Crippen LogP contribution in [0.1, 0.15) is 34.3 Å². The smallest absolute Gasteiger partial charge is 0.254 e. The van der Waals surface area contributed by atoms with Crippen molar-refractivity contribution in [1.82, 2.24) is 19.7 Å². The third-order valence-electron chi connectivity index (χ3n) is 5.40. The molecule has 7 heteroatoms. The average Bonchev–Trinajstić information content (AvgIpc) is 3.21. The molecule has 3 heterocycles. The molecule has 0 N–H and O–H groups in total. The van der Waals surface area contributed by atoms with E-state index in [1.807, 2.05) is 49.3 Å². The van der Waals surface area contributed by atoms with Gasteiger partial charge in [0.2, 0.25) is 5.88 Å². The van der Waals surface area contributed by atoms with Crippen molar-refractivity contribution in [3.63, 3.8) is 0 Å². The van der Waals surface area contributed by atoms with Gasteiger partial charge in [0.05, 0.1) is 24.4 Å². The van der Waals surface area contributed by atoms with Crippen LogP contribution < -0.4 is 4.74 Å². The van der Waals surface area contributed by atoms with E-state index < -0.39 is 0 Å². The Morgan fingerprint density at radius 2 is 2.13 bits per heavy atom. The van der Waals surface area contributed by atoms with E-state index in [1.165, 1.54) is 0 Å². The molecule has 0 bridgehead atoms. The molecule has 4 rings (SSSR count). The summed E-state index contributed by atoms with van der Waals surface area (Å²) in [5.41, 5.74) is 3.73. The van der Waals surface area contributed by atoms with Crippen LogP contribution in [0.15, 0.2) is 48.9 Å². The summed E-state index contributed by atoms with van der Waals surface area (Å²) in [6.07, 6.45) is 6.79. The second kappa shape index (κ2) is 8.37. The Kier molecular flexibility index (Phi) is 5.48. The van der Waals surface area contributed by atoms with Gasteiger partial charge in [0.1, 0.15) is 6.10 Å². The zero-order valence-electron chi connectivity index (χ0n) is 17.1. The van der Waals surface area contributed by atoms with Gasteiger partial charge in [-0.25, -0.2) is 4.98 Å². The lowest BCUT2D eigenvalue weighted by Gasteiger charge is -2.33. The number of amides is 1. The molecule has 0 radical (unpaired) electrons. The molecule has 1 aliphatic heterocycles. The number of aryl methyl sites for hydroxylation is 1. The number of carbonyl (C=O) groups is 1. The number of nitriles is 1. The molecule has 1 amide bonds. The Hall–Kier alpha value is -3.66. The first kappa shape index (κ1) is 19.6. The average molecular weight is 401 g/mol. The molecule has 152 valence electrons. The van der Waals surface area contributed by atoms with E-state index in [2.05, 4.69) is 16.2 Å². The first-order valence-corrected chi connectivity index (χ1v) is 9.96. The molecular formula is C23H23N5O2. The Morgan fingerprint density at radius 1 is 1.30 bits per heavy atom. The highest BCUT2D eigenvalue weighted by Crippen LogP contribution is 2.27. The highest BCUT2D eigenvalue weighted by Gasteiger charge is 2.28. The monoisotopic (exact) mass is 401 g/mol. The molecular weight excluding hydrogens is 378 g/mol. The predicted octanol–water partition coefficient (Wildman–Crippen LogP) is 3.35. The molecule has 2 aromatic heterocycles. The molecule has 1 aliphatic rings. The summed E-state index contributed by atoms with van der Waals surface area (Å²) in [4.78, 5) is 19.5. The molecule has 1 saturated heterocycles. The van der Waals surface area contributed by atoms with E-state index >= 15 is 0 Å².